The van der Waals surface area contributed by atoms with Gasteiger partial charge in [-0.2, -0.15) is 4.31 Å². The maximum atomic E-state index is 12.5. The molecule has 1 aliphatic carbocycles. The molecule has 0 aromatic heterocycles. The molecule has 1 aliphatic heterocycles. The molecule has 0 radical (unpaired) electrons. The minimum absolute atomic E-state index is 0.0462. The van der Waals surface area contributed by atoms with Crippen LogP contribution >= 0.6 is 0 Å². The fourth-order valence-corrected chi connectivity index (χ4v) is 5.26. The molecule has 3 atom stereocenters. The zero-order valence-electron chi connectivity index (χ0n) is 12.5. The summed E-state index contributed by atoms with van der Waals surface area (Å²) in [7, 11) is -3.46. The third-order valence-corrected chi connectivity index (χ3v) is 6.39. The Balaban J connectivity index is 1.99. The molecule has 6 nitrogen and oxygen atoms in total. The highest BCUT2D eigenvalue weighted by atomic mass is 32.2. The lowest BCUT2D eigenvalue weighted by Crippen LogP contribution is -2.43. The molecule has 1 saturated carbocycles. The third-order valence-electron chi connectivity index (χ3n) is 4.50. The first kappa shape index (κ1) is 16.7. The van der Waals surface area contributed by atoms with Crippen molar-refractivity contribution < 1.29 is 23.1 Å². The molecule has 2 rings (SSSR count). The van der Waals surface area contributed by atoms with Gasteiger partial charge in [0.1, 0.15) is 0 Å². The zero-order valence-corrected chi connectivity index (χ0v) is 13.3. The number of ether oxygens (including phenoxy) is 1. The Hall–Kier alpha value is -0.660. The second kappa shape index (κ2) is 7.07. The van der Waals surface area contributed by atoms with Gasteiger partial charge in [0.05, 0.1) is 24.9 Å². The van der Waals surface area contributed by atoms with Gasteiger partial charge in [-0.15, -0.1) is 0 Å². The van der Waals surface area contributed by atoms with Crippen LogP contribution in [-0.4, -0.2) is 54.8 Å². The van der Waals surface area contributed by atoms with Crippen LogP contribution in [0.4, 0.5) is 0 Å². The minimum Gasteiger partial charge on any atom is -0.466 e. The van der Waals surface area contributed by atoms with E-state index in [9.17, 15) is 18.3 Å². The summed E-state index contributed by atoms with van der Waals surface area (Å²) in [5, 5.41) is 10.0. The van der Waals surface area contributed by atoms with E-state index in [1.54, 1.807) is 6.92 Å². The van der Waals surface area contributed by atoms with Crippen LogP contribution < -0.4 is 0 Å². The summed E-state index contributed by atoms with van der Waals surface area (Å²) in [6.45, 7) is 2.46. The molecule has 1 N–H and O–H groups in total. The maximum absolute atomic E-state index is 12.5. The summed E-state index contributed by atoms with van der Waals surface area (Å²) in [5.41, 5.74) is 0. The first-order valence-corrected chi connectivity index (χ1v) is 9.40. The van der Waals surface area contributed by atoms with E-state index in [1.807, 2.05) is 0 Å². The average Bonchev–Trinajstić information content (AvgIpc) is 3.05. The second-order valence-electron chi connectivity index (χ2n) is 5.85. The van der Waals surface area contributed by atoms with Gasteiger partial charge in [-0.25, -0.2) is 8.42 Å². The Morgan fingerprint density at radius 3 is 2.67 bits per heavy atom. The van der Waals surface area contributed by atoms with E-state index in [2.05, 4.69) is 0 Å². The number of sulfonamides is 1. The van der Waals surface area contributed by atoms with Crippen molar-refractivity contribution in [2.75, 3.05) is 18.9 Å². The molecule has 21 heavy (non-hydrogen) atoms. The molecule has 0 bridgehead atoms. The molecule has 0 spiro atoms. The van der Waals surface area contributed by atoms with Crippen LogP contribution in [-0.2, 0) is 19.6 Å². The molecule has 3 unspecified atom stereocenters. The summed E-state index contributed by atoms with van der Waals surface area (Å²) < 4.78 is 31.2. The molecule has 0 aromatic rings. The number of carbonyl (C=O) groups is 1. The van der Waals surface area contributed by atoms with Gasteiger partial charge in [-0.05, 0) is 32.6 Å². The standard InChI is InChI=1S/C14H25NO5S/c1-2-20-14(17)8-10-21(18,19)15-9-4-6-12(15)11-5-3-7-13(11)16/h11-13,16H,2-10H2,1H3. The van der Waals surface area contributed by atoms with E-state index < -0.39 is 22.1 Å². The molecular formula is C14H25NO5S. The van der Waals surface area contributed by atoms with Gasteiger partial charge >= 0.3 is 5.97 Å². The fraction of sp³-hybridized carbons (Fsp3) is 0.929. The minimum atomic E-state index is -3.46. The Kier molecular flexibility index (Phi) is 5.62. The molecule has 1 heterocycles. The summed E-state index contributed by atoms with van der Waals surface area (Å²) in [5.74, 6) is -0.631. The largest absolute Gasteiger partial charge is 0.466 e. The first-order chi connectivity index (χ1) is 9.95. The van der Waals surface area contributed by atoms with E-state index in [0.29, 0.717) is 6.54 Å². The van der Waals surface area contributed by atoms with Crippen molar-refractivity contribution in [1.29, 1.82) is 0 Å². The van der Waals surface area contributed by atoms with E-state index in [4.69, 9.17) is 4.74 Å². The number of nitrogens with zero attached hydrogens (tertiary/aromatic N) is 1. The third kappa shape index (κ3) is 3.96. The molecule has 2 aliphatic rings. The monoisotopic (exact) mass is 319 g/mol. The fourth-order valence-electron chi connectivity index (χ4n) is 3.52. The average molecular weight is 319 g/mol. The lowest BCUT2D eigenvalue weighted by molar-refractivity contribution is -0.142. The Labute approximate surface area is 126 Å². The number of carbonyl (C=O) groups excluding carboxylic acids is 1. The van der Waals surface area contributed by atoms with Gasteiger partial charge in [0, 0.05) is 18.5 Å². The quantitative estimate of drug-likeness (QED) is 0.735. The number of esters is 1. The van der Waals surface area contributed by atoms with Crippen molar-refractivity contribution in [2.45, 2.75) is 57.6 Å². The molecular weight excluding hydrogens is 294 g/mol. The predicted molar refractivity (Wildman–Crippen MR) is 78.1 cm³/mol. The van der Waals surface area contributed by atoms with Gasteiger partial charge in [0.25, 0.3) is 0 Å². The summed E-state index contributed by atoms with van der Waals surface area (Å²) in [4.78, 5) is 11.3. The highest BCUT2D eigenvalue weighted by Crippen LogP contribution is 2.37. The predicted octanol–water partition coefficient (Wildman–Crippen LogP) is 0.895. The number of rotatable bonds is 6. The lowest BCUT2D eigenvalue weighted by atomic mass is 9.95. The zero-order chi connectivity index (χ0) is 15.5. The molecule has 0 amide bonds. The van der Waals surface area contributed by atoms with E-state index in [1.165, 1.54) is 4.31 Å². The van der Waals surface area contributed by atoms with E-state index in [0.717, 1.165) is 32.1 Å². The van der Waals surface area contributed by atoms with Crippen molar-refractivity contribution in [3.8, 4) is 0 Å². The molecule has 0 aromatic carbocycles. The number of aliphatic hydroxyl groups excluding tert-OH is 1. The van der Waals surface area contributed by atoms with Crippen LogP contribution in [0.15, 0.2) is 0 Å². The van der Waals surface area contributed by atoms with Gasteiger partial charge in [0.2, 0.25) is 10.0 Å². The van der Waals surface area contributed by atoms with Crippen LogP contribution in [0.2, 0.25) is 0 Å². The van der Waals surface area contributed by atoms with Crippen LogP contribution in [0.5, 0.6) is 0 Å². The van der Waals surface area contributed by atoms with Crippen molar-refractivity contribution in [2.24, 2.45) is 5.92 Å². The number of aliphatic hydroxyl groups is 1. The molecule has 122 valence electrons. The number of hydrogen-bond donors (Lipinski definition) is 1. The maximum Gasteiger partial charge on any atom is 0.306 e. The number of hydrogen-bond acceptors (Lipinski definition) is 5. The van der Waals surface area contributed by atoms with Crippen LogP contribution in [0.25, 0.3) is 0 Å². The molecule has 2 fully saturated rings. The summed E-state index contributed by atoms with van der Waals surface area (Å²) >= 11 is 0. The molecule has 1 saturated heterocycles. The van der Waals surface area contributed by atoms with Crippen molar-refractivity contribution in [3.05, 3.63) is 0 Å². The van der Waals surface area contributed by atoms with Crippen LogP contribution in [0, 0.1) is 5.92 Å². The van der Waals surface area contributed by atoms with Crippen LogP contribution in [0.3, 0.4) is 0 Å². The summed E-state index contributed by atoms with van der Waals surface area (Å²) in [6.07, 6.45) is 3.74. The van der Waals surface area contributed by atoms with E-state index in [-0.39, 0.29) is 30.7 Å². The molecule has 7 heteroatoms. The van der Waals surface area contributed by atoms with Crippen LogP contribution in [0.1, 0.15) is 45.4 Å². The van der Waals surface area contributed by atoms with Gasteiger partial charge in [-0.3, -0.25) is 4.79 Å². The topological polar surface area (TPSA) is 83.9 Å². The van der Waals surface area contributed by atoms with E-state index >= 15 is 0 Å². The normalized spacial score (nSPS) is 30.7. The summed E-state index contributed by atoms with van der Waals surface area (Å²) in [6, 6.07) is -0.102. The lowest BCUT2D eigenvalue weighted by Gasteiger charge is -2.30. The second-order valence-corrected chi connectivity index (χ2v) is 7.89. The SMILES string of the molecule is CCOC(=O)CCS(=O)(=O)N1CCCC1C1CCCC1O. The van der Waals surface area contributed by atoms with Gasteiger partial charge < -0.3 is 9.84 Å². The Bertz CT molecular complexity index is 464. The smallest absolute Gasteiger partial charge is 0.306 e. The Morgan fingerprint density at radius 2 is 2.05 bits per heavy atom. The van der Waals surface area contributed by atoms with Crippen molar-refractivity contribution >= 4 is 16.0 Å². The Morgan fingerprint density at radius 1 is 1.29 bits per heavy atom. The van der Waals surface area contributed by atoms with Gasteiger partial charge in [-0.1, -0.05) is 6.42 Å². The van der Waals surface area contributed by atoms with Crippen molar-refractivity contribution in [3.63, 3.8) is 0 Å². The van der Waals surface area contributed by atoms with Crippen molar-refractivity contribution in [1.82, 2.24) is 4.31 Å². The highest BCUT2D eigenvalue weighted by Gasteiger charge is 2.42. The van der Waals surface area contributed by atoms with Gasteiger partial charge in [0.15, 0.2) is 0 Å². The first-order valence-electron chi connectivity index (χ1n) is 7.79. The highest BCUT2D eigenvalue weighted by molar-refractivity contribution is 7.89.